The summed E-state index contributed by atoms with van der Waals surface area (Å²) in [5.74, 6) is -0.741. The fraction of sp³-hybridized carbons (Fsp3) is 0.909. The van der Waals surface area contributed by atoms with Gasteiger partial charge in [0.15, 0.2) is 5.79 Å². The van der Waals surface area contributed by atoms with E-state index < -0.39 is 11.9 Å². The maximum Gasteiger partial charge on any atom is 0.404 e. The molecule has 7 heteroatoms. The highest BCUT2D eigenvalue weighted by atomic mass is 16.8. The smallest absolute Gasteiger partial charge is 0.404 e. The van der Waals surface area contributed by atoms with E-state index in [2.05, 4.69) is 5.32 Å². The number of rotatable bonds is 4. The predicted octanol–water partition coefficient (Wildman–Crippen LogP) is -0.0761. The van der Waals surface area contributed by atoms with Gasteiger partial charge in [0.2, 0.25) is 0 Å². The lowest BCUT2D eigenvalue weighted by atomic mass is 10.2. The molecule has 0 radical (unpaired) electrons. The molecule has 18 heavy (non-hydrogen) atoms. The maximum absolute atomic E-state index is 10.7. The number of nitrogens with one attached hydrogen (secondary N) is 1. The lowest BCUT2D eigenvalue weighted by Gasteiger charge is -2.23. The highest BCUT2D eigenvalue weighted by molar-refractivity contribution is 5.65. The van der Waals surface area contributed by atoms with Crippen LogP contribution in [-0.2, 0) is 14.2 Å². The van der Waals surface area contributed by atoms with Crippen molar-refractivity contribution in [1.82, 2.24) is 5.32 Å². The summed E-state index contributed by atoms with van der Waals surface area (Å²) < 4.78 is 16.9. The lowest BCUT2D eigenvalue weighted by molar-refractivity contribution is -0.169. The SMILES string of the molecule is CC1(C)O[C@@H]2[C@H](O1)[C@@H](OCCO)C[C@H]2NC(=O)O. The summed E-state index contributed by atoms with van der Waals surface area (Å²) >= 11 is 0. The molecule has 0 spiro atoms. The quantitative estimate of drug-likeness (QED) is 0.655. The van der Waals surface area contributed by atoms with Crippen LogP contribution >= 0.6 is 0 Å². The van der Waals surface area contributed by atoms with Gasteiger partial charge in [-0.1, -0.05) is 0 Å². The second-order valence-electron chi connectivity index (χ2n) is 4.99. The molecular weight excluding hydrogens is 242 g/mol. The van der Waals surface area contributed by atoms with Crippen LogP contribution in [0, 0.1) is 0 Å². The molecule has 1 aliphatic carbocycles. The maximum atomic E-state index is 10.7. The largest absolute Gasteiger partial charge is 0.465 e. The van der Waals surface area contributed by atoms with Crippen molar-refractivity contribution in [2.75, 3.05) is 13.2 Å². The molecule has 1 saturated carbocycles. The summed E-state index contributed by atoms with van der Waals surface area (Å²) in [5, 5.41) is 20.0. The molecule has 1 heterocycles. The Hall–Kier alpha value is -0.890. The fourth-order valence-electron chi connectivity index (χ4n) is 2.60. The van der Waals surface area contributed by atoms with Crippen molar-refractivity contribution >= 4 is 6.09 Å². The third kappa shape index (κ3) is 2.74. The fourth-order valence-corrected chi connectivity index (χ4v) is 2.60. The molecule has 1 saturated heterocycles. The standard InChI is InChI=1S/C11H19NO6/c1-11(2)17-8-6(12-10(14)15)5-7(9(8)18-11)16-4-3-13/h6-9,12-13H,3-5H2,1-2H3,(H,14,15)/t6-,7+,8+,9-/m1/s1. The number of carbonyl (C=O) groups is 1. The van der Waals surface area contributed by atoms with Crippen molar-refractivity contribution in [1.29, 1.82) is 0 Å². The molecule has 2 rings (SSSR count). The molecule has 0 bridgehead atoms. The Labute approximate surface area is 105 Å². The summed E-state index contributed by atoms with van der Waals surface area (Å²) in [5.41, 5.74) is 0. The minimum absolute atomic E-state index is 0.0742. The number of aliphatic hydroxyl groups excluding tert-OH is 1. The van der Waals surface area contributed by atoms with Crippen molar-refractivity contribution in [3.05, 3.63) is 0 Å². The number of fused-ring (bicyclic) bond motifs is 1. The zero-order valence-corrected chi connectivity index (χ0v) is 10.5. The molecule has 0 aromatic rings. The zero-order valence-electron chi connectivity index (χ0n) is 10.5. The Morgan fingerprint density at radius 3 is 2.72 bits per heavy atom. The summed E-state index contributed by atoms with van der Waals surface area (Å²) in [7, 11) is 0. The van der Waals surface area contributed by atoms with E-state index in [9.17, 15) is 4.79 Å². The van der Waals surface area contributed by atoms with Crippen molar-refractivity contribution in [2.24, 2.45) is 0 Å². The number of hydrogen-bond donors (Lipinski definition) is 3. The van der Waals surface area contributed by atoms with Crippen molar-refractivity contribution in [3.63, 3.8) is 0 Å². The Morgan fingerprint density at radius 1 is 1.44 bits per heavy atom. The van der Waals surface area contributed by atoms with Gasteiger partial charge in [0.05, 0.1) is 25.4 Å². The lowest BCUT2D eigenvalue weighted by Crippen LogP contribution is -2.42. The van der Waals surface area contributed by atoms with Gasteiger partial charge in [-0.15, -0.1) is 0 Å². The second-order valence-corrected chi connectivity index (χ2v) is 4.99. The average Bonchev–Trinajstić information content (AvgIpc) is 2.71. The van der Waals surface area contributed by atoms with E-state index in [0.717, 1.165) is 0 Å². The third-order valence-electron chi connectivity index (χ3n) is 3.14. The molecule has 2 fully saturated rings. The van der Waals surface area contributed by atoms with Crippen LogP contribution in [0.4, 0.5) is 4.79 Å². The first-order chi connectivity index (χ1) is 8.43. The molecule has 1 amide bonds. The van der Waals surface area contributed by atoms with Gasteiger partial charge in [0.1, 0.15) is 12.2 Å². The molecular formula is C11H19NO6. The normalized spacial score (nSPS) is 37.5. The van der Waals surface area contributed by atoms with Crippen LogP contribution in [0.1, 0.15) is 20.3 Å². The highest BCUT2D eigenvalue weighted by Gasteiger charge is 2.55. The molecule has 1 aliphatic heterocycles. The van der Waals surface area contributed by atoms with Gasteiger partial charge in [-0.3, -0.25) is 0 Å². The van der Waals surface area contributed by atoms with Crippen LogP contribution < -0.4 is 5.32 Å². The summed E-state index contributed by atoms with van der Waals surface area (Å²) in [6, 6.07) is -0.349. The first kappa shape index (κ1) is 13.5. The molecule has 0 unspecified atom stereocenters. The van der Waals surface area contributed by atoms with Gasteiger partial charge in [-0.05, 0) is 20.3 Å². The van der Waals surface area contributed by atoms with Gasteiger partial charge in [-0.25, -0.2) is 4.79 Å². The van der Waals surface area contributed by atoms with Gasteiger partial charge < -0.3 is 29.7 Å². The Balaban J connectivity index is 2.05. The molecule has 2 aliphatic rings. The first-order valence-electron chi connectivity index (χ1n) is 6.00. The number of aliphatic hydroxyl groups is 1. The number of amides is 1. The number of hydrogen-bond acceptors (Lipinski definition) is 5. The molecule has 104 valence electrons. The molecule has 3 N–H and O–H groups in total. The Morgan fingerprint density at radius 2 is 2.11 bits per heavy atom. The Kier molecular flexibility index (Phi) is 3.76. The number of carboxylic acid groups (broad SMARTS) is 1. The van der Waals surface area contributed by atoms with Crippen LogP contribution in [-0.4, -0.2) is 59.7 Å². The van der Waals surface area contributed by atoms with Crippen LogP contribution in [0.2, 0.25) is 0 Å². The minimum atomic E-state index is -1.09. The second kappa shape index (κ2) is 5.00. The third-order valence-corrected chi connectivity index (χ3v) is 3.14. The molecule has 7 nitrogen and oxygen atoms in total. The highest BCUT2D eigenvalue weighted by Crippen LogP contribution is 2.39. The van der Waals surface area contributed by atoms with Gasteiger partial charge >= 0.3 is 6.09 Å². The van der Waals surface area contributed by atoms with E-state index in [1.165, 1.54) is 0 Å². The molecule has 4 atom stereocenters. The Bertz CT molecular complexity index is 321. The van der Waals surface area contributed by atoms with Crippen LogP contribution in [0.25, 0.3) is 0 Å². The van der Waals surface area contributed by atoms with E-state index in [1.807, 2.05) is 0 Å². The molecule has 0 aromatic heterocycles. The zero-order chi connectivity index (χ0) is 13.3. The van der Waals surface area contributed by atoms with Crippen LogP contribution in [0.15, 0.2) is 0 Å². The molecule has 0 aromatic carbocycles. The topological polar surface area (TPSA) is 97.3 Å². The summed E-state index contributed by atoms with van der Waals surface area (Å²) in [6.45, 7) is 3.70. The van der Waals surface area contributed by atoms with Crippen molar-refractivity contribution in [3.8, 4) is 0 Å². The van der Waals surface area contributed by atoms with E-state index in [-0.39, 0.29) is 37.6 Å². The predicted molar refractivity (Wildman–Crippen MR) is 60.2 cm³/mol. The average molecular weight is 261 g/mol. The van der Waals surface area contributed by atoms with Crippen molar-refractivity contribution in [2.45, 2.75) is 50.4 Å². The summed E-state index contributed by atoms with van der Waals surface area (Å²) in [6.07, 6.45) is -1.52. The monoisotopic (exact) mass is 261 g/mol. The van der Waals surface area contributed by atoms with E-state index in [1.54, 1.807) is 13.8 Å². The van der Waals surface area contributed by atoms with E-state index in [4.69, 9.17) is 24.4 Å². The van der Waals surface area contributed by atoms with Gasteiger partial charge in [0, 0.05) is 0 Å². The summed E-state index contributed by atoms with van der Waals surface area (Å²) in [4.78, 5) is 10.7. The van der Waals surface area contributed by atoms with Crippen molar-refractivity contribution < 1.29 is 29.2 Å². The van der Waals surface area contributed by atoms with E-state index in [0.29, 0.717) is 6.42 Å². The van der Waals surface area contributed by atoms with Gasteiger partial charge in [0.25, 0.3) is 0 Å². The van der Waals surface area contributed by atoms with E-state index >= 15 is 0 Å². The minimum Gasteiger partial charge on any atom is -0.465 e. The van der Waals surface area contributed by atoms with Crippen LogP contribution in [0.5, 0.6) is 0 Å². The first-order valence-corrected chi connectivity index (χ1v) is 6.00. The van der Waals surface area contributed by atoms with Crippen LogP contribution in [0.3, 0.4) is 0 Å². The number of ether oxygens (including phenoxy) is 3. The van der Waals surface area contributed by atoms with Gasteiger partial charge in [-0.2, -0.15) is 0 Å².